The molecule has 0 saturated heterocycles. The number of fused-ring (bicyclic) bond motifs is 1. The summed E-state index contributed by atoms with van der Waals surface area (Å²) in [5, 5.41) is 8.04. The molecule has 2 aromatic carbocycles. The van der Waals surface area contributed by atoms with Crippen LogP contribution in [0.25, 0.3) is 11.5 Å². The number of halogens is 1. The Morgan fingerprint density at radius 3 is 2.52 bits per heavy atom. The average Bonchev–Trinajstić information content (AvgIpc) is 3.04. The fourth-order valence-electron chi connectivity index (χ4n) is 2.41. The molecule has 0 spiro atoms. The normalized spacial score (nSPS) is 13.1. The first kappa shape index (κ1) is 13.8. The van der Waals surface area contributed by atoms with Gasteiger partial charge in [0.05, 0.1) is 6.42 Å². The van der Waals surface area contributed by atoms with Crippen molar-refractivity contribution in [2.24, 2.45) is 0 Å². The largest absolute Gasteiger partial charge is 0.486 e. The highest BCUT2D eigenvalue weighted by Gasteiger charge is 2.14. The van der Waals surface area contributed by atoms with Gasteiger partial charge in [-0.05, 0) is 42.0 Å². The fourth-order valence-corrected chi connectivity index (χ4v) is 2.41. The molecule has 0 atom stereocenters. The van der Waals surface area contributed by atoms with E-state index in [0.717, 1.165) is 17.1 Å². The van der Waals surface area contributed by atoms with Crippen LogP contribution < -0.4 is 9.47 Å². The van der Waals surface area contributed by atoms with Gasteiger partial charge in [0.2, 0.25) is 11.8 Å². The monoisotopic (exact) mass is 312 g/mol. The number of hydrogen-bond donors (Lipinski definition) is 0. The first-order valence-electron chi connectivity index (χ1n) is 7.25. The van der Waals surface area contributed by atoms with E-state index in [2.05, 4.69) is 10.2 Å². The Hall–Kier alpha value is -2.89. The lowest BCUT2D eigenvalue weighted by Crippen LogP contribution is -2.15. The maximum absolute atomic E-state index is 12.9. The Bertz CT molecular complexity index is 830. The standard InChI is InChI=1S/C17H13FN2O3/c18-13-4-2-12(3-5-13)17-20-19-16(23-17)10-11-1-6-14-15(9-11)22-8-7-21-14/h1-6,9H,7-8,10H2. The highest BCUT2D eigenvalue weighted by atomic mass is 19.1. The van der Waals surface area contributed by atoms with E-state index in [9.17, 15) is 4.39 Å². The summed E-state index contributed by atoms with van der Waals surface area (Å²) in [6.07, 6.45) is 0.491. The summed E-state index contributed by atoms with van der Waals surface area (Å²) >= 11 is 0. The summed E-state index contributed by atoms with van der Waals surface area (Å²) in [7, 11) is 0. The first-order chi connectivity index (χ1) is 11.3. The van der Waals surface area contributed by atoms with Crippen molar-refractivity contribution in [2.75, 3.05) is 13.2 Å². The van der Waals surface area contributed by atoms with Crippen LogP contribution in [-0.4, -0.2) is 23.4 Å². The lowest BCUT2D eigenvalue weighted by atomic mass is 10.1. The van der Waals surface area contributed by atoms with Crippen molar-refractivity contribution in [1.29, 1.82) is 0 Å². The maximum atomic E-state index is 12.9. The predicted molar refractivity (Wildman–Crippen MR) is 79.9 cm³/mol. The van der Waals surface area contributed by atoms with Gasteiger partial charge in [0.1, 0.15) is 19.0 Å². The highest BCUT2D eigenvalue weighted by Crippen LogP contribution is 2.31. The molecule has 2 heterocycles. The van der Waals surface area contributed by atoms with Crippen molar-refractivity contribution in [3.05, 3.63) is 59.7 Å². The van der Waals surface area contributed by atoms with Gasteiger partial charge in [0.25, 0.3) is 0 Å². The van der Waals surface area contributed by atoms with Gasteiger partial charge in [-0.1, -0.05) is 6.07 Å². The van der Waals surface area contributed by atoms with Gasteiger partial charge in [-0.15, -0.1) is 10.2 Å². The molecular weight excluding hydrogens is 299 g/mol. The SMILES string of the molecule is Fc1ccc(-c2nnc(Cc3ccc4c(c3)OCCO4)o2)cc1. The number of hydrogen-bond acceptors (Lipinski definition) is 5. The molecule has 0 unspecified atom stereocenters. The number of ether oxygens (including phenoxy) is 2. The third kappa shape index (κ3) is 2.88. The maximum Gasteiger partial charge on any atom is 0.247 e. The molecular formula is C17H13FN2O3. The van der Waals surface area contributed by atoms with E-state index >= 15 is 0 Å². The molecule has 0 aliphatic carbocycles. The van der Waals surface area contributed by atoms with Gasteiger partial charge < -0.3 is 13.9 Å². The molecule has 5 nitrogen and oxygen atoms in total. The molecule has 0 saturated carbocycles. The molecule has 0 amide bonds. The Morgan fingerprint density at radius 2 is 1.70 bits per heavy atom. The third-order valence-corrected chi connectivity index (χ3v) is 3.52. The minimum Gasteiger partial charge on any atom is -0.486 e. The Labute approximate surface area is 131 Å². The van der Waals surface area contributed by atoms with E-state index in [1.165, 1.54) is 12.1 Å². The second kappa shape index (κ2) is 5.72. The van der Waals surface area contributed by atoms with Crippen LogP contribution in [0.2, 0.25) is 0 Å². The number of nitrogens with zero attached hydrogens (tertiary/aromatic N) is 2. The van der Waals surface area contributed by atoms with Gasteiger partial charge in [0, 0.05) is 5.56 Å². The Balaban J connectivity index is 1.54. The van der Waals surface area contributed by atoms with Crippen molar-refractivity contribution >= 4 is 0 Å². The molecule has 0 N–H and O–H groups in total. The number of rotatable bonds is 3. The minimum absolute atomic E-state index is 0.301. The molecule has 23 heavy (non-hydrogen) atoms. The molecule has 0 bridgehead atoms. The van der Waals surface area contributed by atoms with Gasteiger partial charge in [-0.2, -0.15) is 0 Å². The predicted octanol–water partition coefficient (Wildman–Crippen LogP) is 3.24. The third-order valence-electron chi connectivity index (χ3n) is 3.52. The van der Waals surface area contributed by atoms with E-state index in [4.69, 9.17) is 13.9 Å². The Morgan fingerprint density at radius 1 is 0.913 bits per heavy atom. The topological polar surface area (TPSA) is 57.4 Å². The van der Waals surface area contributed by atoms with Crippen LogP contribution in [0.5, 0.6) is 11.5 Å². The lowest BCUT2D eigenvalue weighted by molar-refractivity contribution is 0.171. The second-order valence-corrected chi connectivity index (χ2v) is 5.16. The molecule has 1 aromatic heterocycles. The van der Waals surface area contributed by atoms with E-state index in [-0.39, 0.29) is 5.82 Å². The van der Waals surface area contributed by atoms with E-state index in [1.54, 1.807) is 12.1 Å². The summed E-state index contributed by atoms with van der Waals surface area (Å²) in [4.78, 5) is 0. The van der Waals surface area contributed by atoms with Gasteiger partial charge in [-0.25, -0.2) is 4.39 Å². The zero-order valence-electron chi connectivity index (χ0n) is 12.2. The lowest BCUT2D eigenvalue weighted by Gasteiger charge is -2.18. The van der Waals surface area contributed by atoms with Crippen molar-refractivity contribution in [3.63, 3.8) is 0 Å². The van der Waals surface area contributed by atoms with Gasteiger partial charge in [0.15, 0.2) is 11.5 Å². The van der Waals surface area contributed by atoms with Crippen molar-refractivity contribution in [3.8, 4) is 23.0 Å². The van der Waals surface area contributed by atoms with Crippen molar-refractivity contribution in [1.82, 2.24) is 10.2 Å². The summed E-state index contributed by atoms with van der Waals surface area (Å²) in [6, 6.07) is 11.7. The van der Waals surface area contributed by atoms with Gasteiger partial charge in [-0.3, -0.25) is 0 Å². The van der Waals surface area contributed by atoms with Crippen LogP contribution in [0.15, 0.2) is 46.9 Å². The van der Waals surface area contributed by atoms with Crippen LogP contribution in [-0.2, 0) is 6.42 Å². The molecule has 1 aliphatic heterocycles. The quantitative estimate of drug-likeness (QED) is 0.743. The van der Waals surface area contributed by atoms with Crippen LogP contribution >= 0.6 is 0 Å². The van der Waals surface area contributed by atoms with E-state index < -0.39 is 0 Å². The number of aromatic nitrogens is 2. The summed E-state index contributed by atoms with van der Waals surface area (Å²) in [5.74, 6) is 2.04. The van der Waals surface area contributed by atoms with Crippen molar-refractivity contribution in [2.45, 2.75) is 6.42 Å². The summed E-state index contributed by atoms with van der Waals surface area (Å²) in [5.41, 5.74) is 1.68. The zero-order valence-corrected chi connectivity index (χ0v) is 12.2. The Kier molecular flexibility index (Phi) is 3.42. The second-order valence-electron chi connectivity index (χ2n) is 5.16. The molecule has 0 radical (unpaired) electrons. The van der Waals surface area contributed by atoms with Crippen LogP contribution in [0.1, 0.15) is 11.5 Å². The highest BCUT2D eigenvalue weighted by molar-refractivity contribution is 5.52. The minimum atomic E-state index is -0.301. The smallest absolute Gasteiger partial charge is 0.247 e. The first-order valence-corrected chi connectivity index (χ1v) is 7.25. The summed E-state index contributed by atoms with van der Waals surface area (Å²) < 4.78 is 29.6. The van der Waals surface area contributed by atoms with E-state index in [1.807, 2.05) is 18.2 Å². The summed E-state index contributed by atoms with van der Waals surface area (Å²) in [6.45, 7) is 1.11. The number of benzene rings is 2. The van der Waals surface area contributed by atoms with E-state index in [0.29, 0.717) is 37.0 Å². The fraction of sp³-hybridized carbons (Fsp3) is 0.176. The molecule has 4 rings (SSSR count). The van der Waals surface area contributed by atoms with Gasteiger partial charge >= 0.3 is 0 Å². The van der Waals surface area contributed by atoms with Crippen molar-refractivity contribution < 1.29 is 18.3 Å². The average molecular weight is 312 g/mol. The molecule has 3 aromatic rings. The van der Waals surface area contributed by atoms with Crippen LogP contribution in [0.4, 0.5) is 4.39 Å². The molecule has 6 heteroatoms. The molecule has 116 valence electrons. The van der Waals surface area contributed by atoms with Crippen LogP contribution in [0, 0.1) is 5.82 Å². The molecule has 0 fully saturated rings. The zero-order chi connectivity index (χ0) is 15.6. The van der Waals surface area contributed by atoms with Crippen LogP contribution in [0.3, 0.4) is 0 Å². The molecule has 1 aliphatic rings.